The van der Waals surface area contributed by atoms with Crippen molar-refractivity contribution in [3.63, 3.8) is 0 Å². The predicted octanol–water partition coefficient (Wildman–Crippen LogP) is 7.30. The number of carbonyl (C=O) groups is 4. The lowest BCUT2D eigenvalue weighted by atomic mass is 9.33. The van der Waals surface area contributed by atoms with E-state index in [1.165, 1.54) is 5.57 Å². The average Bonchev–Trinajstić information content (AvgIpc) is 3.03. The summed E-state index contributed by atoms with van der Waals surface area (Å²) in [5.41, 5.74) is 0.816. The van der Waals surface area contributed by atoms with Gasteiger partial charge in [0.2, 0.25) is 5.91 Å². The minimum Gasteiger partial charge on any atom is -0.480 e. The van der Waals surface area contributed by atoms with E-state index in [1.807, 2.05) is 36.4 Å². The van der Waals surface area contributed by atoms with Crippen LogP contribution in [0.15, 0.2) is 42.0 Å². The van der Waals surface area contributed by atoms with Gasteiger partial charge in [-0.15, -0.1) is 0 Å². The Morgan fingerprint density at radius 3 is 2.27 bits per heavy atom. The van der Waals surface area contributed by atoms with E-state index in [-0.39, 0.29) is 81.7 Å². The summed E-state index contributed by atoms with van der Waals surface area (Å²) < 4.78 is 11.0. The number of nitrogens with one attached hydrogen (secondary N) is 1. The van der Waals surface area contributed by atoms with E-state index in [2.05, 4.69) is 53.8 Å². The summed E-state index contributed by atoms with van der Waals surface area (Å²) in [6.45, 7) is 15.6. The standard InChI is InChI=1S/C41H57NO7/c1-36(2)30-13-16-41(7)34(39(30,5)15-14-31(36)42-32(44)24-48-25-33(45)46)29(43)21-27-28-22-38(4,18-17-37(28,3)19-20-40(27,41)6)35(47)49-23-26-11-9-8-10-12-26/h8-12,21,28,30-31,34H,13-20,22-25H2,1-7H3,(H,42,44)(H,45,46)/t28-,30-,31-,34+,37+,38-,39-,40+,41+/m0/s1. The van der Waals surface area contributed by atoms with Crippen molar-refractivity contribution in [2.75, 3.05) is 13.2 Å². The van der Waals surface area contributed by atoms with Crippen LogP contribution < -0.4 is 5.32 Å². The number of ketones is 1. The number of amides is 1. The van der Waals surface area contributed by atoms with Gasteiger partial charge in [0.05, 0.1) is 5.41 Å². The maximum atomic E-state index is 14.8. The number of rotatable bonds is 8. The third-order valence-corrected chi connectivity index (χ3v) is 15.1. The van der Waals surface area contributed by atoms with Crippen molar-refractivity contribution < 1.29 is 33.8 Å². The van der Waals surface area contributed by atoms with Gasteiger partial charge in [-0.05, 0) is 115 Å². The number of fused-ring (bicyclic) bond motifs is 7. The fourth-order valence-electron chi connectivity index (χ4n) is 12.0. The van der Waals surface area contributed by atoms with Crippen LogP contribution in [0.1, 0.15) is 112 Å². The molecule has 8 nitrogen and oxygen atoms in total. The highest BCUT2D eigenvalue weighted by Crippen LogP contribution is 2.75. The van der Waals surface area contributed by atoms with E-state index in [9.17, 15) is 19.2 Å². The molecule has 1 aromatic carbocycles. The average molecular weight is 676 g/mol. The van der Waals surface area contributed by atoms with Crippen molar-refractivity contribution >= 4 is 23.6 Å². The molecule has 0 unspecified atom stereocenters. The molecule has 0 aliphatic heterocycles. The zero-order chi connectivity index (χ0) is 35.6. The summed E-state index contributed by atoms with van der Waals surface area (Å²) in [5, 5.41) is 12.0. The van der Waals surface area contributed by atoms with Gasteiger partial charge in [0, 0.05) is 12.0 Å². The maximum absolute atomic E-state index is 14.8. The number of esters is 1. The Labute approximate surface area is 292 Å². The first kappa shape index (κ1) is 35.8. The van der Waals surface area contributed by atoms with Crippen molar-refractivity contribution in [1.29, 1.82) is 0 Å². The van der Waals surface area contributed by atoms with E-state index < -0.39 is 18.0 Å². The van der Waals surface area contributed by atoms with E-state index >= 15 is 0 Å². The highest BCUT2D eigenvalue weighted by molar-refractivity contribution is 5.95. The molecule has 4 fully saturated rings. The molecule has 0 heterocycles. The molecule has 5 aliphatic rings. The largest absolute Gasteiger partial charge is 0.480 e. The topological polar surface area (TPSA) is 119 Å². The lowest BCUT2D eigenvalue weighted by Gasteiger charge is -2.70. The maximum Gasteiger partial charge on any atom is 0.329 e. The zero-order valence-electron chi connectivity index (χ0n) is 30.7. The van der Waals surface area contributed by atoms with E-state index in [0.717, 1.165) is 56.9 Å². The summed E-state index contributed by atoms with van der Waals surface area (Å²) >= 11 is 0. The summed E-state index contributed by atoms with van der Waals surface area (Å²) in [6.07, 6.45) is 10.1. The molecule has 2 N–H and O–H groups in total. The lowest BCUT2D eigenvalue weighted by Crippen LogP contribution is -2.67. The molecule has 9 atom stereocenters. The van der Waals surface area contributed by atoms with Gasteiger partial charge in [-0.2, -0.15) is 0 Å². The molecule has 49 heavy (non-hydrogen) atoms. The van der Waals surface area contributed by atoms with Crippen LogP contribution in [-0.4, -0.2) is 48.0 Å². The Morgan fingerprint density at radius 2 is 1.57 bits per heavy atom. The first-order valence-electron chi connectivity index (χ1n) is 18.5. The predicted molar refractivity (Wildman–Crippen MR) is 186 cm³/mol. The van der Waals surface area contributed by atoms with Crippen LogP contribution in [0.4, 0.5) is 0 Å². The SMILES string of the molecule is CC1(C)[C@@H](NC(=O)COCC(=O)O)CC[C@]2(C)[C@H]3C(=O)C=C4[C@@H]5C[C@@](C)(C(=O)OCc6ccccc6)CC[C@]5(C)CC[C@@]4(C)[C@]3(C)CC[C@@H]12. The minimum absolute atomic E-state index is 0.0432. The Morgan fingerprint density at radius 1 is 0.878 bits per heavy atom. The highest BCUT2D eigenvalue weighted by atomic mass is 16.5. The molecule has 0 bridgehead atoms. The number of carboxylic acid groups (broad SMARTS) is 1. The van der Waals surface area contributed by atoms with Crippen molar-refractivity contribution in [2.24, 2.45) is 50.2 Å². The van der Waals surface area contributed by atoms with Gasteiger partial charge in [-0.3, -0.25) is 14.4 Å². The molecule has 1 aromatic rings. The normalized spacial score (nSPS) is 40.8. The molecule has 0 spiro atoms. The fourth-order valence-corrected chi connectivity index (χ4v) is 12.0. The Balaban J connectivity index is 1.25. The van der Waals surface area contributed by atoms with Gasteiger partial charge < -0.3 is 19.9 Å². The second-order valence-corrected chi connectivity index (χ2v) is 18.2. The van der Waals surface area contributed by atoms with Gasteiger partial charge in [0.1, 0.15) is 19.8 Å². The Kier molecular flexibility index (Phi) is 9.02. The van der Waals surface area contributed by atoms with Gasteiger partial charge >= 0.3 is 11.9 Å². The molecular formula is C41H57NO7. The van der Waals surface area contributed by atoms with Crippen LogP contribution in [0.3, 0.4) is 0 Å². The van der Waals surface area contributed by atoms with Crippen molar-refractivity contribution in [1.82, 2.24) is 5.32 Å². The molecule has 8 heteroatoms. The third kappa shape index (κ3) is 5.78. The van der Waals surface area contributed by atoms with Crippen LogP contribution in [-0.2, 0) is 35.3 Å². The van der Waals surface area contributed by atoms with Crippen molar-refractivity contribution in [3.8, 4) is 0 Å². The molecule has 268 valence electrons. The number of hydrogen-bond donors (Lipinski definition) is 2. The van der Waals surface area contributed by atoms with E-state index in [1.54, 1.807) is 0 Å². The van der Waals surface area contributed by atoms with Gasteiger partial charge in [0.25, 0.3) is 0 Å². The van der Waals surface area contributed by atoms with Gasteiger partial charge in [-0.1, -0.05) is 77.4 Å². The molecule has 0 radical (unpaired) electrons. The molecular weight excluding hydrogens is 618 g/mol. The monoisotopic (exact) mass is 675 g/mol. The second kappa shape index (κ2) is 12.3. The highest BCUT2D eigenvalue weighted by Gasteiger charge is 2.70. The lowest BCUT2D eigenvalue weighted by molar-refractivity contribution is -0.190. The first-order chi connectivity index (χ1) is 22.9. The van der Waals surface area contributed by atoms with Crippen LogP contribution in [0, 0.1) is 50.2 Å². The number of benzene rings is 1. The van der Waals surface area contributed by atoms with Crippen LogP contribution in [0.2, 0.25) is 0 Å². The number of aliphatic carboxylic acids is 1. The first-order valence-corrected chi connectivity index (χ1v) is 18.5. The second-order valence-electron chi connectivity index (χ2n) is 18.2. The van der Waals surface area contributed by atoms with Gasteiger partial charge in [-0.25, -0.2) is 4.79 Å². The summed E-state index contributed by atoms with van der Waals surface area (Å²) in [6, 6.07) is 9.75. The molecule has 6 rings (SSSR count). The Hall–Kier alpha value is -3.00. The number of ether oxygens (including phenoxy) is 2. The molecule has 0 aromatic heterocycles. The zero-order valence-corrected chi connectivity index (χ0v) is 30.7. The number of allylic oxidation sites excluding steroid dienone is 2. The summed E-state index contributed by atoms with van der Waals surface area (Å²) in [4.78, 5) is 52.1. The fraction of sp³-hybridized carbons (Fsp3) is 0.707. The Bertz CT molecular complexity index is 1530. The molecule has 4 saturated carbocycles. The van der Waals surface area contributed by atoms with Crippen LogP contribution in [0.5, 0.6) is 0 Å². The van der Waals surface area contributed by atoms with Crippen LogP contribution in [0.25, 0.3) is 0 Å². The number of carboxylic acids is 1. The van der Waals surface area contributed by atoms with Crippen molar-refractivity contribution in [3.05, 3.63) is 47.5 Å². The van der Waals surface area contributed by atoms with Crippen LogP contribution >= 0.6 is 0 Å². The summed E-state index contributed by atoms with van der Waals surface area (Å²) in [5.74, 6) is -1.05. The van der Waals surface area contributed by atoms with Gasteiger partial charge in [0.15, 0.2) is 5.78 Å². The summed E-state index contributed by atoms with van der Waals surface area (Å²) in [7, 11) is 0. The van der Waals surface area contributed by atoms with Crippen molar-refractivity contribution in [2.45, 2.75) is 119 Å². The minimum atomic E-state index is -1.10. The quantitative estimate of drug-likeness (QED) is 0.278. The number of hydrogen-bond acceptors (Lipinski definition) is 6. The third-order valence-electron chi connectivity index (χ3n) is 15.1. The number of carbonyl (C=O) groups excluding carboxylic acids is 3. The molecule has 1 amide bonds. The van der Waals surface area contributed by atoms with E-state index in [4.69, 9.17) is 14.6 Å². The molecule has 0 saturated heterocycles. The molecule has 5 aliphatic carbocycles. The smallest absolute Gasteiger partial charge is 0.329 e. The van der Waals surface area contributed by atoms with E-state index in [0.29, 0.717) is 6.42 Å².